The fourth-order valence-corrected chi connectivity index (χ4v) is 2.36. The summed E-state index contributed by atoms with van der Waals surface area (Å²) in [7, 11) is 0. The molecule has 0 amide bonds. The van der Waals surface area contributed by atoms with Crippen LogP contribution in [-0.4, -0.2) is 0 Å². The molecule has 0 radical (unpaired) electrons. The van der Waals surface area contributed by atoms with Crippen molar-refractivity contribution >= 4 is 55.6 Å². The molecule has 0 aromatic heterocycles. The van der Waals surface area contributed by atoms with Crippen LogP contribution in [0.2, 0.25) is 0 Å². The summed E-state index contributed by atoms with van der Waals surface area (Å²) in [6.07, 6.45) is 0. The fraction of sp³-hybridized carbons (Fsp3) is 0. The molecule has 0 heterocycles. The number of halogens is 2. The number of hydrogen-bond acceptors (Lipinski definition) is 2. The van der Waals surface area contributed by atoms with Gasteiger partial charge in [-0.3, -0.25) is 0 Å². The van der Waals surface area contributed by atoms with E-state index in [1.807, 2.05) is 36.4 Å². The van der Waals surface area contributed by atoms with Gasteiger partial charge in [0.1, 0.15) is 0 Å². The van der Waals surface area contributed by atoms with Crippen molar-refractivity contribution in [2.45, 2.75) is 0 Å². The van der Waals surface area contributed by atoms with Gasteiger partial charge in [0.25, 0.3) is 0 Å². The Bertz CT molecular complexity index is 514. The van der Waals surface area contributed by atoms with Gasteiger partial charge in [0.05, 0.1) is 11.4 Å². The van der Waals surface area contributed by atoms with Crippen molar-refractivity contribution in [1.29, 1.82) is 0 Å². The number of nitrogen functional groups attached to an aromatic ring is 1. The van der Waals surface area contributed by atoms with E-state index in [9.17, 15) is 0 Å². The predicted octanol–water partition coefficient (Wildman–Crippen LogP) is 4.38. The van der Waals surface area contributed by atoms with Gasteiger partial charge in [-0.1, -0.05) is 12.1 Å². The van der Waals surface area contributed by atoms with Gasteiger partial charge >= 0.3 is 0 Å². The summed E-state index contributed by atoms with van der Waals surface area (Å²) in [5, 5.41) is 3.36. The molecule has 0 atom stereocenters. The lowest BCUT2D eigenvalue weighted by molar-refractivity contribution is 1.50. The second-order valence-electron chi connectivity index (χ2n) is 3.34. The molecule has 2 nitrogen and oxygen atoms in total. The number of anilines is 3. The van der Waals surface area contributed by atoms with Gasteiger partial charge in [-0.05, 0) is 68.9 Å². The van der Waals surface area contributed by atoms with Crippen LogP contribution in [0.1, 0.15) is 0 Å². The minimum Gasteiger partial charge on any atom is -0.399 e. The molecule has 0 saturated heterocycles. The van der Waals surface area contributed by atoms with Gasteiger partial charge in [-0.25, -0.2) is 0 Å². The molecule has 4 heteroatoms. The number of rotatable bonds is 2. The van der Waals surface area contributed by atoms with Gasteiger partial charge in [0.2, 0.25) is 0 Å². The first kappa shape index (κ1) is 11.7. The third-order valence-corrected chi connectivity index (χ3v) is 3.73. The molecule has 0 saturated carbocycles. The highest BCUT2D eigenvalue weighted by Crippen LogP contribution is 2.29. The average Bonchev–Trinajstić information content (AvgIpc) is 2.25. The monoisotopic (exact) mass is 388 g/mol. The Morgan fingerprint density at radius 3 is 2.50 bits per heavy atom. The smallest absolute Gasteiger partial charge is 0.0530 e. The SMILES string of the molecule is Nc1ccc(Nc2ccccc2I)c(Br)c1. The molecule has 0 aliphatic heterocycles. The highest BCUT2D eigenvalue weighted by molar-refractivity contribution is 14.1. The third-order valence-electron chi connectivity index (χ3n) is 2.14. The Hall–Kier alpha value is -0.750. The van der Waals surface area contributed by atoms with E-state index in [0.717, 1.165) is 21.5 Å². The standard InChI is InChI=1S/C12H10BrIN2/c13-9-7-8(15)5-6-11(9)16-12-4-2-1-3-10(12)14/h1-7,16H,15H2. The lowest BCUT2D eigenvalue weighted by Crippen LogP contribution is -1.94. The van der Waals surface area contributed by atoms with Crippen LogP contribution in [0.4, 0.5) is 17.1 Å². The Kier molecular flexibility index (Phi) is 3.70. The minimum atomic E-state index is 0.750. The summed E-state index contributed by atoms with van der Waals surface area (Å²) >= 11 is 5.79. The van der Waals surface area contributed by atoms with Crippen LogP contribution in [0.15, 0.2) is 46.9 Å². The van der Waals surface area contributed by atoms with Crippen molar-refractivity contribution in [2.75, 3.05) is 11.1 Å². The number of nitrogens with two attached hydrogens (primary N) is 1. The van der Waals surface area contributed by atoms with Crippen molar-refractivity contribution < 1.29 is 0 Å². The van der Waals surface area contributed by atoms with Crippen LogP contribution >= 0.6 is 38.5 Å². The van der Waals surface area contributed by atoms with Crippen LogP contribution < -0.4 is 11.1 Å². The third kappa shape index (κ3) is 2.68. The van der Waals surface area contributed by atoms with Crippen LogP contribution in [0, 0.1) is 3.57 Å². The molecule has 2 aromatic rings. The topological polar surface area (TPSA) is 38.0 Å². The average molecular weight is 389 g/mol. The van der Waals surface area contributed by atoms with Crippen LogP contribution in [0.3, 0.4) is 0 Å². The molecule has 0 aliphatic carbocycles. The van der Waals surface area contributed by atoms with Gasteiger partial charge in [0, 0.05) is 13.7 Å². The first-order valence-corrected chi connectivity index (χ1v) is 6.60. The van der Waals surface area contributed by atoms with Gasteiger partial charge in [-0.2, -0.15) is 0 Å². The van der Waals surface area contributed by atoms with Crippen molar-refractivity contribution in [3.05, 3.63) is 50.5 Å². The molecule has 3 N–H and O–H groups in total. The quantitative estimate of drug-likeness (QED) is 0.591. The number of para-hydroxylation sites is 1. The van der Waals surface area contributed by atoms with E-state index in [4.69, 9.17) is 5.73 Å². The molecule has 0 unspecified atom stereocenters. The summed E-state index contributed by atoms with van der Waals surface area (Å²) in [6, 6.07) is 13.9. The van der Waals surface area contributed by atoms with E-state index >= 15 is 0 Å². The maximum Gasteiger partial charge on any atom is 0.0530 e. The van der Waals surface area contributed by atoms with Crippen LogP contribution in [0.5, 0.6) is 0 Å². The molecule has 82 valence electrons. The van der Waals surface area contributed by atoms with E-state index in [2.05, 4.69) is 49.9 Å². The predicted molar refractivity (Wildman–Crippen MR) is 81.0 cm³/mol. The number of nitrogens with one attached hydrogen (secondary N) is 1. The van der Waals surface area contributed by atoms with Crippen LogP contribution in [-0.2, 0) is 0 Å². The zero-order valence-corrected chi connectivity index (χ0v) is 12.1. The fourth-order valence-electron chi connectivity index (χ4n) is 1.34. The molecule has 2 aromatic carbocycles. The molecule has 0 aliphatic rings. The molecule has 2 rings (SSSR count). The first-order chi connectivity index (χ1) is 7.66. The van der Waals surface area contributed by atoms with Crippen LogP contribution in [0.25, 0.3) is 0 Å². The second-order valence-corrected chi connectivity index (χ2v) is 5.36. The zero-order valence-electron chi connectivity index (χ0n) is 8.37. The highest BCUT2D eigenvalue weighted by atomic mass is 127. The van der Waals surface area contributed by atoms with Crippen molar-refractivity contribution in [3.63, 3.8) is 0 Å². The van der Waals surface area contributed by atoms with Crippen molar-refractivity contribution in [3.8, 4) is 0 Å². The molecular formula is C12H10BrIN2. The largest absolute Gasteiger partial charge is 0.399 e. The lowest BCUT2D eigenvalue weighted by atomic mass is 10.2. The molecule has 0 spiro atoms. The first-order valence-electron chi connectivity index (χ1n) is 4.73. The van der Waals surface area contributed by atoms with E-state index in [1.54, 1.807) is 0 Å². The number of hydrogen-bond donors (Lipinski definition) is 2. The second kappa shape index (κ2) is 5.05. The maximum absolute atomic E-state index is 5.69. The van der Waals surface area contributed by atoms with E-state index in [-0.39, 0.29) is 0 Å². The number of benzene rings is 2. The van der Waals surface area contributed by atoms with Gasteiger partial charge in [-0.15, -0.1) is 0 Å². The molecule has 0 fully saturated rings. The van der Waals surface area contributed by atoms with E-state index < -0.39 is 0 Å². The zero-order chi connectivity index (χ0) is 11.5. The summed E-state index contributed by atoms with van der Waals surface area (Å²) < 4.78 is 2.15. The normalized spacial score (nSPS) is 10.1. The summed E-state index contributed by atoms with van der Waals surface area (Å²) in [5.74, 6) is 0. The summed E-state index contributed by atoms with van der Waals surface area (Å²) in [4.78, 5) is 0. The Labute approximate surface area is 117 Å². The Balaban J connectivity index is 2.31. The van der Waals surface area contributed by atoms with E-state index in [1.165, 1.54) is 3.57 Å². The highest BCUT2D eigenvalue weighted by Gasteiger charge is 2.02. The Morgan fingerprint density at radius 2 is 1.81 bits per heavy atom. The minimum absolute atomic E-state index is 0.750. The molecule has 0 bridgehead atoms. The molecular weight excluding hydrogens is 379 g/mol. The van der Waals surface area contributed by atoms with Gasteiger partial charge in [0.15, 0.2) is 0 Å². The van der Waals surface area contributed by atoms with E-state index in [0.29, 0.717) is 0 Å². The summed E-state index contributed by atoms with van der Waals surface area (Å²) in [6.45, 7) is 0. The summed E-state index contributed by atoms with van der Waals surface area (Å²) in [5.41, 5.74) is 8.55. The molecule has 16 heavy (non-hydrogen) atoms. The Morgan fingerprint density at radius 1 is 1.06 bits per heavy atom. The maximum atomic E-state index is 5.69. The van der Waals surface area contributed by atoms with Crippen molar-refractivity contribution in [1.82, 2.24) is 0 Å². The van der Waals surface area contributed by atoms with Gasteiger partial charge < -0.3 is 11.1 Å². The van der Waals surface area contributed by atoms with Crippen molar-refractivity contribution in [2.24, 2.45) is 0 Å². The lowest BCUT2D eigenvalue weighted by Gasteiger charge is -2.10.